The zero-order chi connectivity index (χ0) is 11.9. The maximum atomic E-state index is 5.46. The molecule has 0 aliphatic carbocycles. The van der Waals surface area contributed by atoms with E-state index < -0.39 is 0 Å². The maximum Gasteiger partial charge on any atom is 0.123 e. The lowest BCUT2D eigenvalue weighted by atomic mass is 9.84. The molecule has 0 aliphatic heterocycles. The van der Waals surface area contributed by atoms with Crippen molar-refractivity contribution in [1.29, 1.82) is 0 Å². The summed E-state index contributed by atoms with van der Waals surface area (Å²) in [6, 6.07) is 7.44. The molecule has 1 aromatic heterocycles. The number of benzene rings is 1. The van der Waals surface area contributed by atoms with E-state index in [-0.39, 0.29) is 5.41 Å². The molecule has 2 aromatic rings. The number of fused-ring (bicyclic) bond motifs is 1. The van der Waals surface area contributed by atoms with E-state index in [1.165, 1.54) is 5.56 Å². The van der Waals surface area contributed by atoms with Gasteiger partial charge in [-0.15, -0.1) is 0 Å². The molecule has 0 atom stereocenters. The molecular formula is C14H18NO. The van der Waals surface area contributed by atoms with Crippen LogP contribution >= 0.6 is 0 Å². The molecule has 2 nitrogen and oxygen atoms in total. The third-order valence-corrected chi connectivity index (χ3v) is 2.77. The molecule has 1 radical (unpaired) electrons. The van der Waals surface area contributed by atoms with Gasteiger partial charge in [0, 0.05) is 28.2 Å². The van der Waals surface area contributed by atoms with Gasteiger partial charge in [-0.2, -0.15) is 0 Å². The van der Waals surface area contributed by atoms with Crippen LogP contribution in [0, 0.1) is 13.0 Å². The molecule has 0 bridgehead atoms. The molecule has 1 aromatic carbocycles. The second kappa shape index (κ2) is 3.55. The lowest BCUT2D eigenvalue weighted by molar-refractivity contribution is 0.399. The fourth-order valence-corrected chi connectivity index (χ4v) is 2.15. The number of aromatic nitrogens is 1. The van der Waals surface area contributed by atoms with Crippen LogP contribution in [0.25, 0.3) is 10.9 Å². The van der Waals surface area contributed by atoms with Crippen LogP contribution in [0.4, 0.5) is 0 Å². The smallest absolute Gasteiger partial charge is 0.123 e. The minimum Gasteiger partial charge on any atom is -0.496 e. The molecule has 0 spiro atoms. The molecule has 0 saturated carbocycles. The molecule has 2 rings (SSSR count). The van der Waals surface area contributed by atoms with E-state index in [1.807, 2.05) is 19.1 Å². The molecule has 0 unspecified atom stereocenters. The number of methoxy groups -OCH3 is 1. The number of aryl methyl sites for hydroxylation is 1. The van der Waals surface area contributed by atoms with Gasteiger partial charge in [0.1, 0.15) is 5.75 Å². The molecule has 2 heteroatoms. The first-order valence-corrected chi connectivity index (χ1v) is 5.52. The number of aromatic amines is 1. The van der Waals surface area contributed by atoms with Crippen molar-refractivity contribution in [3.63, 3.8) is 0 Å². The highest BCUT2D eigenvalue weighted by Crippen LogP contribution is 2.37. The zero-order valence-corrected chi connectivity index (χ0v) is 10.6. The van der Waals surface area contributed by atoms with Gasteiger partial charge in [-0.3, -0.25) is 0 Å². The quantitative estimate of drug-likeness (QED) is 0.774. The third-order valence-electron chi connectivity index (χ3n) is 2.77. The van der Waals surface area contributed by atoms with E-state index in [0.29, 0.717) is 0 Å². The summed E-state index contributed by atoms with van der Waals surface area (Å²) < 4.78 is 5.46. The number of nitrogens with one attached hydrogen (secondary N) is 1. The fourth-order valence-electron chi connectivity index (χ4n) is 2.15. The summed E-state index contributed by atoms with van der Waals surface area (Å²) in [7, 11) is 1.72. The van der Waals surface area contributed by atoms with Gasteiger partial charge in [-0.05, 0) is 24.5 Å². The van der Waals surface area contributed by atoms with Gasteiger partial charge < -0.3 is 9.72 Å². The number of hydrogen-bond donors (Lipinski definition) is 1. The van der Waals surface area contributed by atoms with Crippen molar-refractivity contribution in [2.45, 2.75) is 33.1 Å². The van der Waals surface area contributed by atoms with Crippen molar-refractivity contribution in [3.8, 4) is 5.75 Å². The van der Waals surface area contributed by atoms with E-state index in [0.717, 1.165) is 22.3 Å². The van der Waals surface area contributed by atoms with Crippen molar-refractivity contribution < 1.29 is 4.74 Å². The van der Waals surface area contributed by atoms with Crippen molar-refractivity contribution >= 4 is 10.9 Å². The number of H-pyrrole nitrogens is 1. The minimum atomic E-state index is 0.0516. The molecule has 0 amide bonds. The Bertz CT molecular complexity index is 517. The Morgan fingerprint density at radius 3 is 2.50 bits per heavy atom. The lowest BCUT2D eigenvalue weighted by Crippen LogP contribution is -2.13. The standard InChI is InChI=1S/C14H18NO/c1-9-8-10-11(15-9)6-7-12(16-5)13(10)14(2,3)4/h6-7,15H,1-5H3. The highest BCUT2D eigenvalue weighted by atomic mass is 16.5. The number of ether oxygens (including phenoxy) is 1. The Morgan fingerprint density at radius 2 is 1.94 bits per heavy atom. The van der Waals surface area contributed by atoms with Gasteiger partial charge in [0.15, 0.2) is 0 Å². The Kier molecular flexibility index (Phi) is 2.45. The van der Waals surface area contributed by atoms with Crippen molar-refractivity contribution in [2.24, 2.45) is 0 Å². The van der Waals surface area contributed by atoms with Gasteiger partial charge in [-0.1, -0.05) is 20.8 Å². The Hall–Kier alpha value is -1.44. The van der Waals surface area contributed by atoms with E-state index in [1.54, 1.807) is 7.11 Å². The maximum absolute atomic E-state index is 5.46. The van der Waals surface area contributed by atoms with E-state index in [9.17, 15) is 0 Å². The molecule has 1 heterocycles. The van der Waals surface area contributed by atoms with Crippen LogP contribution in [0.3, 0.4) is 0 Å². The van der Waals surface area contributed by atoms with Gasteiger partial charge in [0.05, 0.1) is 7.11 Å². The predicted octanol–water partition coefficient (Wildman–Crippen LogP) is 3.58. The van der Waals surface area contributed by atoms with Crippen LogP contribution in [0.15, 0.2) is 12.1 Å². The molecule has 1 N–H and O–H groups in total. The molecular weight excluding hydrogens is 198 g/mol. The van der Waals surface area contributed by atoms with E-state index in [4.69, 9.17) is 4.74 Å². The van der Waals surface area contributed by atoms with Crippen molar-refractivity contribution in [1.82, 2.24) is 4.98 Å². The first-order chi connectivity index (χ1) is 7.43. The van der Waals surface area contributed by atoms with E-state index in [2.05, 4.69) is 31.8 Å². The van der Waals surface area contributed by atoms with Gasteiger partial charge >= 0.3 is 0 Å². The monoisotopic (exact) mass is 216 g/mol. The Labute approximate surface area is 96.6 Å². The average Bonchev–Trinajstić information content (AvgIpc) is 2.54. The van der Waals surface area contributed by atoms with Gasteiger partial charge in [-0.25, -0.2) is 0 Å². The average molecular weight is 216 g/mol. The second-order valence-corrected chi connectivity index (χ2v) is 5.19. The van der Waals surface area contributed by atoms with Crippen molar-refractivity contribution in [3.05, 3.63) is 29.5 Å². The number of hydrogen-bond acceptors (Lipinski definition) is 1. The zero-order valence-electron chi connectivity index (χ0n) is 10.6. The van der Waals surface area contributed by atoms with Crippen LogP contribution in [-0.4, -0.2) is 12.1 Å². The van der Waals surface area contributed by atoms with Crippen molar-refractivity contribution in [2.75, 3.05) is 7.11 Å². The van der Waals surface area contributed by atoms with Crippen LogP contribution in [0.5, 0.6) is 5.75 Å². The highest BCUT2D eigenvalue weighted by molar-refractivity contribution is 5.86. The molecule has 0 aliphatic rings. The summed E-state index contributed by atoms with van der Waals surface area (Å²) in [6.45, 7) is 8.61. The predicted molar refractivity (Wildman–Crippen MR) is 67.1 cm³/mol. The van der Waals surface area contributed by atoms with E-state index >= 15 is 0 Å². The van der Waals surface area contributed by atoms with Gasteiger partial charge in [0.2, 0.25) is 0 Å². The Morgan fingerprint density at radius 1 is 1.25 bits per heavy atom. The fraction of sp³-hybridized carbons (Fsp3) is 0.429. The summed E-state index contributed by atoms with van der Waals surface area (Å²) in [5.74, 6) is 0.940. The Balaban J connectivity index is 2.83. The molecule has 16 heavy (non-hydrogen) atoms. The van der Waals surface area contributed by atoms with Crippen LogP contribution < -0.4 is 4.74 Å². The largest absolute Gasteiger partial charge is 0.496 e. The van der Waals surface area contributed by atoms with Crippen LogP contribution in [0.2, 0.25) is 0 Å². The molecule has 85 valence electrons. The number of rotatable bonds is 1. The highest BCUT2D eigenvalue weighted by Gasteiger charge is 2.22. The van der Waals surface area contributed by atoms with Crippen LogP contribution in [-0.2, 0) is 5.41 Å². The van der Waals surface area contributed by atoms with Gasteiger partial charge in [0.25, 0.3) is 0 Å². The first-order valence-electron chi connectivity index (χ1n) is 5.52. The molecule has 0 saturated heterocycles. The summed E-state index contributed by atoms with van der Waals surface area (Å²) in [6.07, 6.45) is 0. The summed E-state index contributed by atoms with van der Waals surface area (Å²) in [5.41, 5.74) is 3.46. The molecule has 0 fully saturated rings. The third kappa shape index (κ3) is 1.69. The first kappa shape index (κ1) is 11.1. The second-order valence-electron chi connectivity index (χ2n) is 5.19. The topological polar surface area (TPSA) is 25.0 Å². The van der Waals surface area contributed by atoms with Crippen LogP contribution in [0.1, 0.15) is 32.0 Å². The summed E-state index contributed by atoms with van der Waals surface area (Å²) in [4.78, 5) is 3.31. The SMILES string of the molecule is COc1ccc2[nH]c(C)[c]c2c1C(C)(C)C. The minimum absolute atomic E-state index is 0.0516. The summed E-state index contributed by atoms with van der Waals surface area (Å²) >= 11 is 0. The lowest BCUT2D eigenvalue weighted by Gasteiger charge is -2.23. The normalized spacial score (nSPS) is 12.1. The summed E-state index contributed by atoms with van der Waals surface area (Å²) in [5, 5.41) is 1.14.